The molecule has 134 valence electrons. The van der Waals surface area contributed by atoms with Gasteiger partial charge in [0.15, 0.2) is 16.0 Å². The van der Waals surface area contributed by atoms with Crippen molar-refractivity contribution in [1.82, 2.24) is 4.98 Å². The molecular weight excluding hydrogens is 347 g/mol. The summed E-state index contributed by atoms with van der Waals surface area (Å²) in [6.45, 7) is 2.33. The van der Waals surface area contributed by atoms with Crippen molar-refractivity contribution in [3.8, 4) is 0 Å². The summed E-state index contributed by atoms with van der Waals surface area (Å²) in [7, 11) is 1.59. The minimum Gasteiger partial charge on any atom is -0.399 e. The van der Waals surface area contributed by atoms with Crippen LogP contribution in [0.3, 0.4) is 0 Å². The average Bonchev–Trinajstić information content (AvgIpc) is 2.99. The lowest BCUT2D eigenvalue weighted by Gasteiger charge is -2.11. The highest BCUT2D eigenvalue weighted by molar-refractivity contribution is 7.14. The number of amides is 1. The molecule has 0 bridgehead atoms. The van der Waals surface area contributed by atoms with Gasteiger partial charge in [-0.25, -0.2) is 4.98 Å². The first-order valence-corrected chi connectivity index (χ1v) is 8.32. The molecule has 0 spiro atoms. The predicted octanol–water partition coefficient (Wildman–Crippen LogP) is 2.65. The van der Waals surface area contributed by atoms with E-state index in [4.69, 9.17) is 15.3 Å². The van der Waals surface area contributed by atoms with E-state index in [1.807, 2.05) is 6.92 Å². The molecule has 0 unspecified atom stereocenters. The third-order valence-corrected chi connectivity index (χ3v) is 3.85. The van der Waals surface area contributed by atoms with Crippen LogP contribution in [-0.4, -0.2) is 36.4 Å². The number of halogens is 1. The van der Waals surface area contributed by atoms with Gasteiger partial charge in [0, 0.05) is 31.4 Å². The van der Waals surface area contributed by atoms with Crippen molar-refractivity contribution >= 4 is 33.8 Å². The number of nitrogens with one attached hydrogen (secondary N) is 1. The van der Waals surface area contributed by atoms with Gasteiger partial charge >= 0.3 is 0 Å². The molecule has 0 aliphatic rings. The molecule has 25 heavy (non-hydrogen) atoms. The van der Waals surface area contributed by atoms with Gasteiger partial charge in [-0.3, -0.25) is 10.1 Å². The molecule has 0 aliphatic carbocycles. The number of nitrogen functional groups attached to an aromatic ring is 1. The van der Waals surface area contributed by atoms with E-state index in [-0.39, 0.29) is 16.9 Å². The quantitative estimate of drug-likeness (QED) is 0.425. The fourth-order valence-corrected chi connectivity index (χ4v) is 2.35. The second kappa shape index (κ2) is 9.09. The number of hydrogen-bond acceptors (Lipinski definition) is 7. The van der Waals surface area contributed by atoms with E-state index in [0.717, 1.165) is 17.5 Å². The van der Waals surface area contributed by atoms with Crippen molar-refractivity contribution in [2.75, 3.05) is 24.8 Å². The summed E-state index contributed by atoms with van der Waals surface area (Å²) >= 11 is 0.725. The van der Waals surface area contributed by atoms with Crippen LogP contribution in [0.25, 0.3) is 0 Å². The first-order valence-electron chi connectivity index (χ1n) is 7.51. The summed E-state index contributed by atoms with van der Waals surface area (Å²) in [6.07, 6.45) is 1.41. The van der Waals surface area contributed by atoms with Crippen LogP contribution >= 0.6 is 11.3 Å². The number of nitrogens with two attached hydrogens (primary N) is 1. The number of hydrogen-bond donors (Lipinski definition) is 2. The number of methoxy groups -OCH3 is 1. The number of aromatic nitrogens is 1. The molecule has 0 fully saturated rings. The lowest BCUT2D eigenvalue weighted by atomic mass is 10.1. The smallest absolute Gasteiger partial charge is 0.280 e. The van der Waals surface area contributed by atoms with Crippen LogP contribution < -0.4 is 11.1 Å². The van der Waals surface area contributed by atoms with Crippen LogP contribution in [0.2, 0.25) is 0 Å². The first-order chi connectivity index (χ1) is 12.0. The molecule has 9 heteroatoms. The zero-order valence-corrected chi connectivity index (χ0v) is 14.7. The minimum atomic E-state index is -0.557. The monoisotopic (exact) mass is 366 g/mol. The predicted molar refractivity (Wildman–Crippen MR) is 95.1 cm³/mol. The van der Waals surface area contributed by atoms with Gasteiger partial charge in [0.25, 0.3) is 5.91 Å². The molecule has 7 nitrogen and oxygen atoms in total. The number of nitrogens with zero attached hydrogens (tertiary/aromatic N) is 2. The second-order valence-corrected chi connectivity index (χ2v) is 6.16. The minimum absolute atomic E-state index is 0.0416. The highest BCUT2D eigenvalue weighted by Crippen LogP contribution is 2.17. The Balaban J connectivity index is 2.18. The molecule has 2 rings (SSSR count). The van der Waals surface area contributed by atoms with Gasteiger partial charge < -0.3 is 15.3 Å². The number of rotatable bonds is 8. The third-order valence-electron chi connectivity index (χ3n) is 3.15. The fraction of sp³-hybridized carbons (Fsp3) is 0.312. The average molecular weight is 366 g/mol. The number of anilines is 2. The van der Waals surface area contributed by atoms with Crippen LogP contribution in [0.4, 0.5) is 15.2 Å². The van der Waals surface area contributed by atoms with E-state index in [2.05, 4.69) is 15.5 Å². The number of carbonyl (C=O) groups is 1. The summed E-state index contributed by atoms with van der Waals surface area (Å²) in [4.78, 5) is 21.6. The van der Waals surface area contributed by atoms with Gasteiger partial charge in [0.2, 0.25) is 0 Å². The van der Waals surface area contributed by atoms with Crippen molar-refractivity contribution in [1.29, 1.82) is 0 Å². The molecule has 0 radical (unpaired) electrons. The molecule has 1 heterocycles. The maximum Gasteiger partial charge on any atom is 0.280 e. The largest absolute Gasteiger partial charge is 0.399 e. The molecule has 0 saturated carbocycles. The summed E-state index contributed by atoms with van der Waals surface area (Å²) in [5, 5.41) is 6.12. The molecular formula is C16H19FN4O3S. The second-order valence-electron chi connectivity index (χ2n) is 5.18. The molecule has 3 N–H and O–H groups in total. The molecule has 1 amide bonds. The van der Waals surface area contributed by atoms with Crippen molar-refractivity contribution in [3.05, 3.63) is 41.2 Å². The normalized spacial score (nSPS) is 12.7. The topological polar surface area (TPSA) is 98.8 Å². The number of thiazole rings is 1. The number of benzene rings is 1. The van der Waals surface area contributed by atoms with Crippen molar-refractivity contribution in [2.24, 2.45) is 5.16 Å². The van der Waals surface area contributed by atoms with Crippen LogP contribution in [-0.2, 0) is 14.4 Å². The lowest BCUT2D eigenvalue weighted by molar-refractivity contribution is -0.110. The molecule has 1 aromatic carbocycles. The standard InChI is InChI=1S/C16H19FN4O3S/c1-10(7-8-23-2)24-21-14(11-3-5-12(18)6-4-11)15(22)20-16-19-9-13(17)25-16/h3-6,9-10H,7-8,18H2,1-2H3,(H,19,20,22)/b21-14+/t10-/m0/s1. The zero-order chi connectivity index (χ0) is 18.2. The maximum absolute atomic E-state index is 13.0. The highest BCUT2D eigenvalue weighted by atomic mass is 32.1. The van der Waals surface area contributed by atoms with E-state index >= 15 is 0 Å². The fourth-order valence-electron chi connectivity index (χ4n) is 1.81. The Morgan fingerprint density at radius 1 is 1.44 bits per heavy atom. The lowest BCUT2D eigenvalue weighted by Crippen LogP contribution is -2.25. The van der Waals surface area contributed by atoms with Gasteiger partial charge in [-0.15, -0.1) is 0 Å². The summed E-state index contributed by atoms with van der Waals surface area (Å²) in [5.41, 5.74) is 6.78. The van der Waals surface area contributed by atoms with E-state index in [1.165, 1.54) is 0 Å². The van der Waals surface area contributed by atoms with Crippen LogP contribution in [0.1, 0.15) is 18.9 Å². The van der Waals surface area contributed by atoms with Crippen molar-refractivity contribution in [3.63, 3.8) is 0 Å². The Labute approximate surface area is 148 Å². The van der Waals surface area contributed by atoms with Crippen LogP contribution in [0.15, 0.2) is 35.6 Å². The Morgan fingerprint density at radius 3 is 2.76 bits per heavy atom. The third kappa shape index (κ3) is 5.80. The highest BCUT2D eigenvalue weighted by Gasteiger charge is 2.18. The zero-order valence-electron chi connectivity index (χ0n) is 13.9. The van der Waals surface area contributed by atoms with Gasteiger partial charge in [0.1, 0.15) is 6.10 Å². The Hall–Kier alpha value is -2.52. The van der Waals surface area contributed by atoms with E-state index in [1.54, 1.807) is 31.4 Å². The summed E-state index contributed by atoms with van der Waals surface area (Å²) < 4.78 is 18.0. The van der Waals surface area contributed by atoms with E-state index < -0.39 is 11.0 Å². The Morgan fingerprint density at radius 2 is 2.16 bits per heavy atom. The maximum atomic E-state index is 13.0. The number of carbonyl (C=O) groups excluding carboxylic acids is 1. The van der Waals surface area contributed by atoms with Gasteiger partial charge in [-0.05, 0) is 19.1 Å². The molecule has 0 saturated heterocycles. The van der Waals surface area contributed by atoms with Gasteiger partial charge in [-0.1, -0.05) is 28.6 Å². The van der Waals surface area contributed by atoms with Gasteiger partial charge in [0.05, 0.1) is 6.20 Å². The van der Waals surface area contributed by atoms with Crippen LogP contribution in [0.5, 0.6) is 0 Å². The molecule has 2 aromatic rings. The Kier molecular flexibility index (Phi) is 6.84. The molecule has 1 atom stereocenters. The van der Waals surface area contributed by atoms with E-state index in [0.29, 0.717) is 24.3 Å². The summed E-state index contributed by atoms with van der Waals surface area (Å²) in [5.74, 6) is -0.557. The first kappa shape index (κ1) is 18.8. The number of oxime groups is 1. The molecule has 1 aromatic heterocycles. The SMILES string of the molecule is COCC[C@H](C)O/N=C(/C(=O)Nc1ncc(F)s1)c1ccc(N)cc1. The van der Waals surface area contributed by atoms with Crippen molar-refractivity contribution in [2.45, 2.75) is 19.4 Å². The summed E-state index contributed by atoms with van der Waals surface area (Å²) in [6, 6.07) is 6.60. The Bertz CT molecular complexity index is 733. The van der Waals surface area contributed by atoms with Gasteiger partial charge in [-0.2, -0.15) is 4.39 Å². The molecule has 0 aliphatic heterocycles. The van der Waals surface area contributed by atoms with E-state index in [9.17, 15) is 9.18 Å². The van der Waals surface area contributed by atoms with Crippen molar-refractivity contribution < 1.29 is 18.8 Å². The number of ether oxygens (including phenoxy) is 1. The van der Waals surface area contributed by atoms with Crippen LogP contribution in [0, 0.1) is 5.13 Å².